The maximum Gasteiger partial charge on any atom is 0.219 e. The molecule has 0 fully saturated rings. The summed E-state index contributed by atoms with van der Waals surface area (Å²) in [5.74, 6) is 1.81. The second kappa shape index (κ2) is 6.01. The minimum absolute atomic E-state index is 0.0258. The topological polar surface area (TPSA) is 113 Å². The highest BCUT2D eigenvalue weighted by Gasteiger charge is 2.38. The molecule has 3 N–H and O–H groups in total. The van der Waals surface area contributed by atoms with Crippen molar-refractivity contribution < 1.29 is 18.9 Å². The van der Waals surface area contributed by atoms with Crippen LogP contribution in [0.3, 0.4) is 0 Å². The number of rotatable bonds is 2. The summed E-state index contributed by atoms with van der Waals surface area (Å²) in [4.78, 5) is 13.1. The molecule has 136 valence electrons. The Labute approximate surface area is 153 Å². The Bertz CT molecular complexity index is 1020. The van der Waals surface area contributed by atoms with Crippen molar-refractivity contribution in [2.24, 2.45) is 0 Å². The van der Waals surface area contributed by atoms with Gasteiger partial charge >= 0.3 is 0 Å². The van der Waals surface area contributed by atoms with E-state index in [1.165, 1.54) is 0 Å². The summed E-state index contributed by atoms with van der Waals surface area (Å²) in [7, 11) is 0. The minimum Gasteiger partial charge on any atom is -0.508 e. The molecular formula is C19H16N4O4. The average Bonchev–Trinajstić information content (AvgIpc) is 3.31. The van der Waals surface area contributed by atoms with Gasteiger partial charge in [0.2, 0.25) is 11.6 Å². The van der Waals surface area contributed by atoms with Crippen molar-refractivity contribution in [3.05, 3.63) is 65.3 Å². The molecule has 5 rings (SSSR count). The molecule has 2 aromatic heterocycles. The summed E-state index contributed by atoms with van der Waals surface area (Å²) in [6.45, 7) is 0. The van der Waals surface area contributed by atoms with Gasteiger partial charge < -0.3 is 20.2 Å². The van der Waals surface area contributed by atoms with Crippen molar-refractivity contribution in [3.8, 4) is 5.75 Å². The molecule has 8 heteroatoms. The molecule has 2 unspecified atom stereocenters. The third kappa shape index (κ3) is 2.66. The predicted octanol–water partition coefficient (Wildman–Crippen LogP) is 3.35. The fourth-order valence-corrected chi connectivity index (χ4v) is 3.74. The lowest BCUT2D eigenvalue weighted by Gasteiger charge is -2.28. The number of hydrogen-bond acceptors (Lipinski definition) is 8. The van der Waals surface area contributed by atoms with Crippen molar-refractivity contribution in [2.75, 3.05) is 10.6 Å². The Morgan fingerprint density at radius 3 is 2.67 bits per heavy atom. The van der Waals surface area contributed by atoms with E-state index in [4.69, 9.17) is 9.05 Å². The number of allylic oxidation sites excluding steroid dienone is 1. The number of aromatic hydroxyl groups is 1. The number of carbonyl (C=O) groups is 1. The molecule has 27 heavy (non-hydrogen) atoms. The standard InChI is InChI=1S/C19H16N4O4/c24-12-5-3-10(4-6-12)17-16-13(20-18-19(21-17)23-27-22-18)8-11(9-14(16)25)15-2-1-7-26-15/h1-7,11,17,24H,8-9H2,(H,20,22)(H,21,23). The molecule has 3 aromatic rings. The summed E-state index contributed by atoms with van der Waals surface area (Å²) < 4.78 is 10.4. The molecule has 2 aliphatic rings. The van der Waals surface area contributed by atoms with Crippen LogP contribution in [0.4, 0.5) is 11.6 Å². The molecule has 0 spiro atoms. The number of nitrogens with one attached hydrogen (secondary N) is 2. The van der Waals surface area contributed by atoms with Crippen LogP contribution >= 0.6 is 0 Å². The van der Waals surface area contributed by atoms with Crippen molar-refractivity contribution >= 4 is 17.4 Å². The molecule has 0 bridgehead atoms. The summed E-state index contributed by atoms with van der Waals surface area (Å²) in [6, 6.07) is 10.0. The Morgan fingerprint density at radius 1 is 1.07 bits per heavy atom. The zero-order chi connectivity index (χ0) is 18.4. The molecule has 8 nitrogen and oxygen atoms in total. The van der Waals surface area contributed by atoms with E-state index in [9.17, 15) is 9.90 Å². The maximum atomic E-state index is 13.1. The second-order valence-corrected chi connectivity index (χ2v) is 6.69. The molecule has 0 saturated heterocycles. The molecule has 1 aliphatic heterocycles. The smallest absolute Gasteiger partial charge is 0.219 e. The normalized spacial score (nSPS) is 21.7. The third-order valence-electron chi connectivity index (χ3n) is 5.01. The number of hydrogen-bond donors (Lipinski definition) is 3. The van der Waals surface area contributed by atoms with Crippen LogP contribution in [0.1, 0.15) is 36.1 Å². The van der Waals surface area contributed by atoms with E-state index in [0.717, 1.165) is 17.0 Å². The summed E-state index contributed by atoms with van der Waals surface area (Å²) in [6.07, 6.45) is 2.58. The van der Waals surface area contributed by atoms with Gasteiger partial charge in [-0.1, -0.05) is 12.1 Å². The SMILES string of the molecule is O=C1CC(c2ccco2)CC2=C1C(c1ccc(O)cc1)Nc1nonc1N2. The number of Topliss-reactive ketones (excluding diaryl/α,β-unsaturated/α-hetero) is 1. The number of anilines is 2. The average molecular weight is 364 g/mol. The van der Waals surface area contributed by atoms with E-state index in [2.05, 4.69) is 20.9 Å². The Morgan fingerprint density at radius 2 is 1.89 bits per heavy atom. The van der Waals surface area contributed by atoms with E-state index < -0.39 is 6.04 Å². The fourth-order valence-electron chi connectivity index (χ4n) is 3.74. The number of furan rings is 1. The van der Waals surface area contributed by atoms with Gasteiger partial charge in [-0.2, -0.15) is 0 Å². The van der Waals surface area contributed by atoms with Gasteiger partial charge in [-0.15, -0.1) is 0 Å². The van der Waals surface area contributed by atoms with Crippen LogP contribution in [-0.4, -0.2) is 21.2 Å². The van der Waals surface area contributed by atoms with Gasteiger partial charge in [-0.05, 0) is 46.6 Å². The van der Waals surface area contributed by atoms with Gasteiger partial charge in [0.1, 0.15) is 11.5 Å². The van der Waals surface area contributed by atoms with E-state index in [1.807, 2.05) is 12.1 Å². The van der Waals surface area contributed by atoms with Gasteiger partial charge in [-0.3, -0.25) is 4.79 Å². The molecule has 3 heterocycles. The molecule has 2 atom stereocenters. The van der Waals surface area contributed by atoms with E-state index in [-0.39, 0.29) is 17.5 Å². The maximum absolute atomic E-state index is 13.1. The highest BCUT2D eigenvalue weighted by molar-refractivity contribution is 6.00. The first-order chi connectivity index (χ1) is 13.2. The largest absolute Gasteiger partial charge is 0.508 e. The third-order valence-corrected chi connectivity index (χ3v) is 5.01. The second-order valence-electron chi connectivity index (χ2n) is 6.69. The highest BCUT2D eigenvalue weighted by atomic mass is 16.6. The van der Waals surface area contributed by atoms with Crippen LogP contribution < -0.4 is 10.6 Å². The van der Waals surface area contributed by atoms with E-state index in [0.29, 0.717) is 30.1 Å². The lowest BCUT2D eigenvalue weighted by atomic mass is 9.80. The summed E-state index contributed by atoms with van der Waals surface area (Å²) in [5.41, 5.74) is 2.25. The fraction of sp³-hybridized carbons (Fsp3) is 0.211. The van der Waals surface area contributed by atoms with Gasteiger partial charge in [0.25, 0.3) is 0 Å². The predicted molar refractivity (Wildman–Crippen MR) is 95.1 cm³/mol. The number of ketones is 1. The number of benzene rings is 1. The lowest BCUT2D eigenvalue weighted by Crippen LogP contribution is -2.26. The molecular weight excluding hydrogens is 348 g/mol. The van der Waals surface area contributed by atoms with Crippen LogP contribution in [0.5, 0.6) is 5.75 Å². The van der Waals surface area contributed by atoms with Crippen LogP contribution in [0.15, 0.2) is 63.0 Å². The van der Waals surface area contributed by atoms with Gasteiger partial charge in [0.15, 0.2) is 5.78 Å². The van der Waals surface area contributed by atoms with Crippen molar-refractivity contribution in [1.82, 2.24) is 10.3 Å². The number of phenols is 1. The van der Waals surface area contributed by atoms with Crippen molar-refractivity contribution in [3.63, 3.8) is 0 Å². The monoisotopic (exact) mass is 364 g/mol. The van der Waals surface area contributed by atoms with Crippen LogP contribution in [0.25, 0.3) is 0 Å². The highest BCUT2D eigenvalue weighted by Crippen LogP contribution is 2.43. The first-order valence-corrected chi connectivity index (χ1v) is 8.63. The van der Waals surface area contributed by atoms with E-state index in [1.54, 1.807) is 30.5 Å². The first kappa shape index (κ1) is 15.7. The number of nitrogens with zero attached hydrogens (tertiary/aromatic N) is 2. The van der Waals surface area contributed by atoms with Gasteiger partial charge in [0.05, 0.1) is 12.3 Å². The molecule has 1 aliphatic carbocycles. The van der Waals surface area contributed by atoms with E-state index >= 15 is 0 Å². The van der Waals surface area contributed by atoms with Gasteiger partial charge in [-0.25, -0.2) is 4.63 Å². The number of phenolic OH excluding ortho intramolecular Hbond substituents is 1. The first-order valence-electron chi connectivity index (χ1n) is 8.63. The van der Waals surface area contributed by atoms with Gasteiger partial charge in [0, 0.05) is 23.6 Å². The van der Waals surface area contributed by atoms with Crippen molar-refractivity contribution in [1.29, 1.82) is 0 Å². The summed E-state index contributed by atoms with van der Waals surface area (Å²) >= 11 is 0. The summed E-state index contributed by atoms with van der Waals surface area (Å²) in [5, 5.41) is 23.8. The number of fused-ring (bicyclic) bond motifs is 1. The minimum atomic E-state index is -0.425. The number of aromatic nitrogens is 2. The molecule has 0 saturated carbocycles. The van der Waals surface area contributed by atoms with Crippen molar-refractivity contribution in [2.45, 2.75) is 24.8 Å². The quantitative estimate of drug-likeness (QED) is 0.634. The Balaban J connectivity index is 1.61. The molecule has 0 radical (unpaired) electrons. The zero-order valence-electron chi connectivity index (χ0n) is 14.2. The van der Waals surface area contributed by atoms with Crippen LogP contribution in [0, 0.1) is 0 Å². The molecule has 0 amide bonds. The molecule has 1 aromatic carbocycles. The lowest BCUT2D eigenvalue weighted by molar-refractivity contribution is -0.116. The van der Waals surface area contributed by atoms with Crippen LogP contribution in [0.2, 0.25) is 0 Å². The Hall–Kier alpha value is -3.55. The Kier molecular flexibility index (Phi) is 3.49. The number of carbonyl (C=O) groups excluding carboxylic acids is 1. The van der Waals surface area contributed by atoms with Crippen LogP contribution in [-0.2, 0) is 4.79 Å². The zero-order valence-corrected chi connectivity index (χ0v) is 14.2.